The van der Waals surface area contributed by atoms with Gasteiger partial charge >= 0.3 is 6.09 Å². The molecule has 0 aliphatic heterocycles. The molecule has 2 aromatic rings. The van der Waals surface area contributed by atoms with Gasteiger partial charge in [-0.1, -0.05) is 12.1 Å². The molecule has 0 unspecified atom stereocenters. The topological polar surface area (TPSA) is 101 Å². The molecule has 7 nitrogen and oxygen atoms in total. The molecule has 1 heterocycles. The van der Waals surface area contributed by atoms with Crippen molar-refractivity contribution in [1.29, 1.82) is 0 Å². The summed E-state index contributed by atoms with van der Waals surface area (Å²) in [4.78, 5) is 28.8. The van der Waals surface area contributed by atoms with E-state index in [4.69, 9.17) is 4.74 Å². The van der Waals surface area contributed by atoms with Crippen LogP contribution in [0.1, 0.15) is 31.9 Å². The van der Waals surface area contributed by atoms with Crippen molar-refractivity contribution in [2.75, 3.05) is 6.54 Å². The number of rotatable bonds is 7. The number of benzene rings is 1. The molecule has 0 saturated heterocycles. The van der Waals surface area contributed by atoms with Gasteiger partial charge in [0.25, 0.3) is 0 Å². The Balaban J connectivity index is 1.96. The molecule has 0 saturated carbocycles. The maximum absolute atomic E-state index is 12.7. The van der Waals surface area contributed by atoms with Crippen LogP contribution in [0.2, 0.25) is 0 Å². The fourth-order valence-electron chi connectivity index (χ4n) is 2.53. The molecule has 1 aromatic heterocycles. The van der Waals surface area contributed by atoms with Crippen LogP contribution in [0.4, 0.5) is 4.79 Å². The van der Waals surface area contributed by atoms with Crippen LogP contribution in [0.3, 0.4) is 0 Å². The minimum Gasteiger partial charge on any atom is -0.508 e. The maximum atomic E-state index is 12.7. The van der Waals surface area contributed by atoms with Crippen molar-refractivity contribution in [1.82, 2.24) is 15.6 Å². The summed E-state index contributed by atoms with van der Waals surface area (Å²) in [7, 11) is 0. The van der Waals surface area contributed by atoms with E-state index in [1.54, 1.807) is 69.6 Å². The SMILES string of the molecule is CC(C)(C)OC(=O)N[C@@H](Cc1ccncc1)C(=O)NCCc1ccc(O)cc1. The maximum Gasteiger partial charge on any atom is 0.408 e. The predicted octanol–water partition coefficient (Wildman–Crippen LogP) is 2.58. The van der Waals surface area contributed by atoms with Crippen LogP contribution in [0.25, 0.3) is 0 Å². The quantitative estimate of drug-likeness (QED) is 0.680. The molecule has 7 heteroatoms. The van der Waals surface area contributed by atoms with Crippen LogP contribution in [0, 0.1) is 0 Å². The van der Waals surface area contributed by atoms with Crippen LogP contribution < -0.4 is 10.6 Å². The number of hydrogen-bond donors (Lipinski definition) is 3. The number of hydrogen-bond acceptors (Lipinski definition) is 5. The van der Waals surface area contributed by atoms with Gasteiger partial charge in [0.15, 0.2) is 0 Å². The number of pyridine rings is 1. The Bertz CT molecular complexity index is 770. The van der Waals surface area contributed by atoms with E-state index in [2.05, 4.69) is 15.6 Å². The third-order valence-electron chi connectivity index (χ3n) is 3.85. The predicted molar refractivity (Wildman–Crippen MR) is 106 cm³/mol. The first-order chi connectivity index (χ1) is 13.2. The van der Waals surface area contributed by atoms with Crippen molar-refractivity contribution in [3.63, 3.8) is 0 Å². The molecule has 0 radical (unpaired) electrons. The highest BCUT2D eigenvalue weighted by Crippen LogP contribution is 2.10. The summed E-state index contributed by atoms with van der Waals surface area (Å²) in [6.45, 7) is 5.71. The zero-order valence-corrected chi connectivity index (χ0v) is 16.4. The third kappa shape index (κ3) is 7.65. The van der Waals surface area contributed by atoms with Gasteiger partial charge in [0.05, 0.1) is 0 Å². The minimum absolute atomic E-state index is 0.201. The number of ether oxygens (including phenoxy) is 1. The van der Waals surface area contributed by atoms with Gasteiger partial charge in [0.2, 0.25) is 5.91 Å². The van der Waals surface area contributed by atoms with Crippen LogP contribution in [0.5, 0.6) is 5.75 Å². The molecule has 3 N–H and O–H groups in total. The van der Waals surface area contributed by atoms with Gasteiger partial charge in [-0.2, -0.15) is 0 Å². The second-order valence-electron chi connectivity index (χ2n) is 7.47. The molecular formula is C21H27N3O4. The Kier molecular flexibility index (Phi) is 7.37. The largest absolute Gasteiger partial charge is 0.508 e. The van der Waals surface area contributed by atoms with Crippen molar-refractivity contribution in [2.45, 2.75) is 45.3 Å². The number of aromatic hydroxyl groups is 1. The van der Waals surface area contributed by atoms with Crippen LogP contribution >= 0.6 is 0 Å². The van der Waals surface area contributed by atoms with Gasteiger partial charge in [-0.15, -0.1) is 0 Å². The Morgan fingerprint density at radius 2 is 1.71 bits per heavy atom. The molecule has 1 aromatic carbocycles. The molecule has 1 atom stereocenters. The number of alkyl carbamates (subject to hydrolysis) is 1. The van der Waals surface area contributed by atoms with E-state index in [1.807, 2.05) is 0 Å². The fourth-order valence-corrected chi connectivity index (χ4v) is 2.53. The van der Waals surface area contributed by atoms with Gasteiger partial charge in [-0.05, 0) is 62.6 Å². The Morgan fingerprint density at radius 1 is 1.07 bits per heavy atom. The molecule has 0 aliphatic rings. The molecule has 150 valence electrons. The van der Waals surface area contributed by atoms with Crippen LogP contribution in [-0.2, 0) is 22.4 Å². The molecular weight excluding hydrogens is 358 g/mol. The highest BCUT2D eigenvalue weighted by atomic mass is 16.6. The Morgan fingerprint density at radius 3 is 2.32 bits per heavy atom. The molecule has 0 spiro atoms. The number of aromatic nitrogens is 1. The van der Waals surface area contributed by atoms with Crippen LogP contribution in [-0.4, -0.2) is 40.3 Å². The first-order valence-electron chi connectivity index (χ1n) is 9.17. The average molecular weight is 385 g/mol. The molecule has 0 fully saturated rings. The van der Waals surface area contributed by atoms with E-state index in [0.717, 1.165) is 11.1 Å². The van der Waals surface area contributed by atoms with Gasteiger partial charge in [0.1, 0.15) is 17.4 Å². The van der Waals surface area contributed by atoms with E-state index in [0.29, 0.717) is 19.4 Å². The smallest absolute Gasteiger partial charge is 0.408 e. The number of nitrogens with zero attached hydrogens (tertiary/aromatic N) is 1. The van der Waals surface area contributed by atoms with Gasteiger partial charge in [-0.3, -0.25) is 9.78 Å². The molecule has 2 amide bonds. The van der Waals surface area contributed by atoms with Crippen molar-refractivity contribution in [3.8, 4) is 5.75 Å². The van der Waals surface area contributed by atoms with Gasteiger partial charge in [0, 0.05) is 25.4 Å². The zero-order chi connectivity index (χ0) is 20.6. The minimum atomic E-state index is -0.767. The van der Waals surface area contributed by atoms with E-state index < -0.39 is 17.7 Å². The molecule has 2 rings (SSSR count). The van der Waals surface area contributed by atoms with Crippen LogP contribution in [0.15, 0.2) is 48.8 Å². The summed E-state index contributed by atoms with van der Waals surface area (Å²) < 4.78 is 5.27. The normalized spacial score (nSPS) is 12.1. The Hall–Kier alpha value is -3.09. The molecule has 0 aliphatic carbocycles. The zero-order valence-electron chi connectivity index (χ0n) is 16.4. The summed E-state index contributed by atoms with van der Waals surface area (Å²) in [6.07, 6.45) is 3.58. The van der Waals surface area contributed by atoms with Crippen molar-refractivity contribution in [2.24, 2.45) is 0 Å². The van der Waals surface area contributed by atoms with Crippen molar-refractivity contribution >= 4 is 12.0 Å². The lowest BCUT2D eigenvalue weighted by molar-refractivity contribution is -0.123. The lowest BCUT2D eigenvalue weighted by atomic mass is 10.1. The van der Waals surface area contributed by atoms with E-state index >= 15 is 0 Å². The highest BCUT2D eigenvalue weighted by Gasteiger charge is 2.24. The van der Waals surface area contributed by atoms with Crippen molar-refractivity contribution in [3.05, 3.63) is 59.9 Å². The average Bonchev–Trinajstić information content (AvgIpc) is 2.62. The van der Waals surface area contributed by atoms with E-state index in [9.17, 15) is 14.7 Å². The molecule has 0 bridgehead atoms. The Labute approximate surface area is 165 Å². The number of phenols is 1. The summed E-state index contributed by atoms with van der Waals surface area (Å²) in [5.74, 6) is -0.0896. The van der Waals surface area contributed by atoms with E-state index in [1.165, 1.54) is 0 Å². The summed E-state index contributed by atoms with van der Waals surface area (Å²) in [5, 5.41) is 14.8. The monoisotopic (exact) mass is 385 g/mol. The first-order valence-corrected chi connectivity index (χ1v) is 9.17. The highest BCUT2D eigenvalue weighted by molar-refractivity contribution is 5.86. The number of carbonyl (C=O) groups excluding carboxylic acids is 2. The number of carbonyl (C=O) groups is 2. The van der Waals surface area contributed by atoms with Crippen molar-refractivity contribution < 1.29 is 19.4 Å². The number of phenolic OH excluding ortho intramolecular Hbond substituents is 1. The second-order valence-corrected chi connectivity index (χ2v) is 7.47. The van der Waals surface area contributed by atoms with E-state index in [-0.39, 0.29) is 11.7 Å². The summed E-state index contributed by atoms with van der Waals surface area (Å²) in [6, 6.07) is 9.64. The van der Waals surface area contributed by atoms with Gasteiger partial charge in [-0.25, -0.2) is 4.79 Å². The standard InChI is InChI=1S/C21H27N3O4/c1-21(2,3)28-20(27)24-18(14-16-8-11-22-12-9-16)19(26)23-13-10-15-4-6-17(25)7-5-15/h4-9,11-12,18,25H,10,13-14H2,1-3H3,(H,23,26)(H,24,27)/t18-/m0/s1. The lowest BCUT2D eigenvalue weighted by Crippen LogP contribution is -2.49. The van der Waals surface area contributed by atoms with Gasteiger partial charge < -0.3 is 20.5 Å². The summed E-state index contributed by atoms with van der Waals surface area (Å²) >= 11 is 0. The molecule has 28 heavy (non-hydrogen) atoms. The first kappa shape index (κ1) is 21.2. The number of nitrogens with one attached hydrogen (secondary N) is 2. The third-order valence-corrected chi connectivity index (χ3v) is 3.85. The fraction of sp³-hybridized carbons (Fsp3) is 0.381. The summed E-state index contributed by atoms with van der Waals surface area (Å²) in [5.41, 5.74) is 1.22. The lowest BCUT2D eigenvalue weighted by Gasteiger charge is -2.23. The second kappa shape index (κ2) is 9.73. The number of amides is 2.